The lowest BCUT2D eigenvalue weighted by atomic mass is 9.48. The molecule has 4 saturated carbocycles. The predicted octanol–water partition coefficient (Wildman–Crippen LogP) is 6.33. The summed E-state index contributed by atoms with van der Waals surface area (Å²) in [6.07, 6.45) is 11.7. The SMILES string of the molecule is C[C@@H](NC(=O)Cc1ccc(NC(=O)N2CCCCc3ccccc32)cc1)C12CC3CC(CC(C3)C1)C2. The van der Waals surface area contributed by atoms with Crippen LogP contribution in [0.25, 0.3) is 0 Å². The molecule has 190 valence electrons. The summed E-state index contributed by atoms with van der Waals surface area (Å²) in [5.74, 6) is 2.78. The molecule has 36 heavy (non-hydrogen) atoms. The van der Waals surface area contributed by atoms with Crippen molar-refractivity contribution in [2.45, 2.75) is 77.2 Å². The first kappa shape index (κ1) is 23.6. The fourth-order valence-corrected chi connectivity index (χ4v) is 8.14. The number of hydrogen-bond acceptors (Lipinski definition) is 2. The molecular formula is C31H39N3O2. The van der Waals surface area contributed by atoms with Gasteiger partial charge < -0.3 is 10.6 Å². The van der Waals surface area contributed by atoms with Crippen molar-refractivity contribution in [1.29, 1.82) is 0 Å². The first-order valence-corrected chi connectivity index (χ1v) is 14.0. The van der Waals surface area contributed by atoms with Crippen molar-refractivity contribution in [3.05, 3.63) is 59.7 Å². The number of carbonyl (C=O) groups is 2. The standard InChI is InChI=1S/C31H39N3O2/c1-21(31-18-23-14-24(19-31)16-25(15-23)20-31)32-29(35)17-22-9-11-27(12-10-22)33-30(36)34-13-5-4-7-26-6-2-3-8-28(26)34/h2-3,6,8-12,21,23-25H,4-5,7,13-20H2,1H3,(H,32,35)(H,33,36)/t21-,23?,24?,25?,31?/m1/s1. The molecular weight excluding hydrogens is 446 g/mol. The van der Waals surface area contributed by atoms with E-state index in [0.717, 1.165) is 60.5 Å². The van der Waals surface area contributed by atoms with Crippen molar-refractivity contribution < 1.29 is 9.59 Å². The maximum Gasteiger partial charge on any atom is 0.326 e. The molecule has 1 atom stereocenters. The van der Waals surface area contributed by atoms with E-state index in [4.69, 9.17) is 0 Å². The van der Waals surface area contributed by atoms with Gasteiger partial charge in [-0.05, 0) is 117 Å². The number of para-hydroxylation sites is 1. The maximum atomic E-state index is 13.1. The topological polar surface area (TPSA) is 61.4 Å². The molecule has 5 heteroatoms. The number of anilines is 2. The molecule has 0 saturated heterocycles. The summed E-state index contributed by atoms with van der Waals surface area (Å²) < 4.78 is 0. The number of fused-ring (bicyclic) bond motifs is 1. The van der Waals surface area contributed by atoms with Crippen LogP contribution in [0.1, 0.15) is 69.4 Å². The van der Waals surface area contributed by atoms with Crippen molar-refractivity contribution in [3.63, 3.8) is 0 Å². The molecule has 0 aromatic heterocycles. The summed E-state index contributed by atoms with van der Waals surface area (Å²) in [6, 6.07) is 16.1. The first-order valence-electron chi connectivity index (χ1n) is 14.0. The van der Waals surface area contributed by atoms with Crippen LogP contribution in [0.2, 0.25) is 0 Å². The van der Waals surface area contributed by atoms with E-state index in [-0.39, 0.29) is 18.0 Å². The van der Waals surface area contributed by atoms with Crippen molar-refractivity contribution in [3.8, 4) is 0 Å². The van der Waals surface area contributed by atoms with Gasteiger partial charge in [0.05, 0.1) is 6.42 Å². The fourth-order valence-electron chi connectivity index (χ4n) is 8.14. The predicted molar refractivity (Wildman–Crippen MR) is 144 cm³/mol. The Morgan fingerprint density at radius 1 is 0.944 bits per heavy atom. The number of amides is 3. The van der Waals surface area contributed by atoms with E-state index < -0.39 is 0 Å². The quantitative estimate of drug-likeness (QED) is 0.520. The van der Waals surface area contributed by atoms with Gasteiger partial charge in [0.15, 0.2) is 0 Å². The first-order chi connectivity index (χ1) is 17.5. The van der Waals surface area contributed by atoms with Crippen LogP contribution in [-0.2, 0) is 17.6 Å². The molecule has 5 aliphatic rings. The van der Waals surface area contributed by atoms with E-state index >= 15 is 0 Å². The summed E-state index contributed by atoms with van der Waals surface area (Å²) in [5.41, 5.74) is 4.30. The van der Waals surface area contributed by atoms with Gasteiger partial charge in [-0.15, -0.1) is 0 Å². The summed E-state index contributed by atoms with van der Waals surface area (Å²) in [7, 11) is 0. The Labute approximate surface area is 215 Å². The second-order valence-corrected chi connectivity index (χ2v) is 12.1. The highest BCUT2D eigenvalue weighted by Crippen LogP contribution is 2.61. The summed E-state index contributed by atoms with van der Waals surface area (Å²) >= 11 is 0. The van der Waals surface area contributed by atoms with Gasteiger partial charge in [0.2, 0.25) is 5.91 Å². The molecule has 2 aromatic carbocycles. The molecule has 3 amide bonds. The van der Waals surface area contributed by atoms with Crippen LogP contribution in [0.4, 0.5) is 16.2 Å². The Hall–Kier alpha value is -2.82. The molecule has 4 aliphatic carbocycles. The van der Waals surface area contributed by atoms with Gasteiger partial charge in [0.1, 0.15) is 0 Å². The van der Waals surface area contributed by atoms with Gasteiger partial charge in [0.25, 0.3) is 0 Å². The van der Waals surface area contributed by atoms with E-state index in [1.807, 2.05) is 47.4 Å². The largest absolute Gasteiger partial charge is 0.353 e. The molecule has 0 unspecified atom stereocenters. The smallest absolute Gasteiger partial charge is 0.326 e. The maximum absolute atomic E-state index is 13.1. The normalized spacial score (nSPS) is 29.2. The van der Waals surface area contributed by atoms with Crippen molar-refractivity contribution in [1.82, 2.24) is 5.32 Å². The van der Waals surface area contributed by atoms with Gasteiger partial charge in [-0.25, -0.2) is 4.79 Å². The number of nitrogens with one attached hydrogen (secondary N) is 2. The Morgan fingerprint density at radius 2 is 1.61 bits per heavy atom. The fraction of sp³-hybridized carbons (Fsp3) is 0.548. The average Bonchev–Trinajstić information content (AvgIpc) is 3.07. The number of aryl methyl sites for hydroxylation is 1. The molecule has 1 heterocycles. The number of urea groups is 1. The zero-order chi connectivity index (χ0) is 24.7. The van der Waals surface area contributed by atoms with Gasteiger partial charge in [-0.1, -0.05) is 30.3 Å². The third-order valence-corrected chi connectivity index (χ3v) is 9.56. The molecule has 1 aliphatic heterocycles. The average molecular weight is 486 g/mol. The minimum atomic E-state index is -0.0979. The third-order valence-electron chi connectivity index (χ3n) is 9.56. The second kappa shape index (κ2) is 9.57. The summed E-state index contributed by atoms with van der Waals surface area (Å²) in [4.78, 5) is 27.9. The monoisotopic (exact) mass is 485 g/mol. The Bertz CT molecular complexity index is 1090. The highest BCUT2D eigenvalue weighted by molar-refractivity contribution is 6.02. The molecule has 4 fully saturated rings. The van der Waals surface area contributed by atoms with Crippen LogP contribution >= 0.6 is 0 Å². The molecule has 0 spiro atoms. The minimum Gasteiger partial charge on any atom is -0.353 e. The lowest BCUT2D eigenvalue weighted by molar-refractivity contribution is -0.125. The van der Waals surface area contributed by atoms with Gasteiger partial charge in [-0.3, -0.25) is 9.69 Å². The number of nitrogens with zero attached hydrogens (tertiary/aromatic N) is 1. The molecule has 5 nitrogen and oxygen atoms in total. The Kier molecular flexibility index (Phi) is 6.27. The number of rotatable bonds is 5. The zero-order valence-corrected chi connectivity index (χ0v) is 21.5. The van der Waals surface area contributed by atoms with Gasteiger partial charge in [0, 0.05) is 24.0 Å². The highest BCUT2D eigenvalue weighted by atomic mass is 16.2. The number of hydrogen-bond donors (Lipinski definition) is 2. The lowest BCUT2D eigenvalue weighted by Gasteiger charge is -2.59. The third kappa shape index (κ3) is 4.65. The van der Waals surface area contributed by atoms with Crippen molar-refractivity contribution >= 4 is 23.3 Å². The minimum absolute atomic E-state index is 0.0979. The lowest BCUT2D eigenvalue weighted by Crippen LogP contribution is -2.56. The van der Waals surface area contributed by atoms with Crippen LogP contribution in [-0.4, -0.2) is 24.5 Å². The van der Waals surface area contributed by atoms with E-state index in [2.05, 4.69) is 23.6 Å². The molecule has 0 radical (unpaired) electrons. The van der Waals surface area contributed by atoms with Crippen molar-refractivity contribution in [2.75, 3.05) is 16.8 Å². The highest BCUT2D eigenvalue weighted by Gasteiger charge is 2.53. The molecule has 2 aromatic rings. The van der Waals surface area contributed by atoms with Crippen LogP contribution in [0.3, 0.4) is 0 Å². The molecule has 7 rings (SSSR count). The zero-order valence-electron chi connectivity index (χ0n) is 21.5. The molecule has 2 N–H and O–H groups in total. The van der Waals surface area contributed by atoms with Crippen LogP contribution < -0.4 is 15.5 Å². The van der Waals surface area contributed by atoms with Crippen LogP contribution in [0, 0.1) is 23.2 Å². The molecule has 4 bridgehead atoms. The Morgan fingerprint density at radius 3 is 2.31 bits per heavy atom. The van der Waals surface area contributed by atoms with E-state index in [1.165, 1.54) is 44.1 Å². The van der Waals surface area contributed by atoms with E-state index in [1.54, 1.807) is 0 Å². The second-order valence-electron chi connectivity index (χ2n) is 12.1. The van der Waals surface area contributed by atoms with E-state index in [0.29, 0.717) is 11.8 Å². The number of benzene rings is 2. The summed E-state index contributed by atoms with van der Waals surface area (Å²) in [5, 5.41) is 6.43. The van der Waals surface area contributed by atoms with Crippen LogP contribution in [0.15, 0.2) is 48.5 Å². The van der Waals surface area contributed by atoms with E-state index in [9.17, 15) is 9.59 Å². The van der Waals surface area contributed by atoms with Crippen LogP contribution in [0.5, 0.6) is 0 Å². The van der Waals surface area contributed by atoms with Gasteiger partial charge in [-0.2, -0.15) is 0 Å². The summed E-state index contributed by atoms with van der Waals surface area (Å²) in [6.45, 7) is 2.97. The Balaban J connectivity index is 1.05. The van der Waals surface area contributed by atoms with Crippen molar-refractivity contribution in [2.24, 2.45) is 23.2 Å². The number of carbonyl (C=O) groups excluding carboxylic acids is 2. The van der Waals surface area contributed by atoms with Gasteiger partial charge >= 0.3 is 6.03 Å².